The number of hydrogen-bond donors (Lipinski definition) is 1. The van der Waals surface area contributed by atoms with Gasteiger partial charge in [-0.15, -0.1) is 0 Å². The first-order valence-electron chi connectivity index (χ1n) is 7.82. The van der Waals surface area contributed by atoms with Gasteiger partial charge in [0.05, 0.1) is 17.0 Å². The fourth-order valence-electron chi connectivity index (χ4n) is 3.26. The molecule has 22 heavy (non-hydrogen) atoms. The molecule has 5 nitrogen and oxygen atoms in total. The predicted octanol–water partition coefficient (Wildman–Crippen LogP) is 2.14. The number of benzene rings is 1. The summed E-state index contributed by atoms with van der Waals surface area (Å²) in [5.41, 5.74) is 2.26. The highest BCUT2D eigenvalue weighted by Gasteiger charge is 2.24. The van der Waals surface area contributed by atoms with E-state index in [0.717, 1.165) is 30.6 Å². The molecule has 0 bridgehead atoms. The van der Waals surface area contributed by atoms with Crippen molar-refractivity contribution in [3.05, 3.63) is 33.6 Å². The summed E-state index contributed by atoms with van der Waals surface area (Å²) in [5.74, 6) is 1.31. The highest BCUT2D eigenvalue weighted by atomic mass is 16.3. The molecule has 1 aliphatic heterocycles. The van der Waals surface area contributed by atoms with E-state index in [9.17, 15) is 9.90 Å². The number of rotatable bonds is 2. The van der Waals surface area contributed by atoms with Crippen LogP contribution in [0, 0.1) is 12.8 Å². The summed E-state index contributed by atoms with van der Waals surface area (Å²) in [6.07, 6.45) is 0.470. The maximum atomic E-state index is 12.7. The van der Waals surface area contributed by atoms with Gasteiger partial charge >= 0.3 is 0 Å². The normalized spacial score (nSPS) is 19.9. The summed E-state index contributed by atoms with van der Waals surface area (Å²) in [6, 6.07) is 3.77. The second-order valence-electron chi connectivity index (χ2n) is 6.54. The first kappa shape index (κ1) is 15.0. The van der Waals surface area contributed by atoms with Crippen molar-refractivity contribution in [1.82, 2.24) is 9.55 Å². The number of aliphatic hydroxyl groups excluding tert-OH is 1. The Hall–Kier alpha value is -1.88. The maximum absolute atomic E-state index is 12.7. The average Bonchev–Trinajstić information content (AvgIpc) is 2.88. The summed E-state index contributed by atoms with van der Waals surface area (Å²) in [7, 11) is 1.78. The Labute approximate surface area is 130 Å². The smallest absolute Gasteiger partial charge is 0.262 e. The third-order valence-electron chi connectivity index (χ3n) is 4.49. The standard InChI is InChI=1S/C17H23N3O2/c1-10-5-6-20(9-10)17-18-15-13(12(3)21)7-11(2)8-14(15)16(22)19(17)4/h7-8,10,12,21H,5-6,9H2,1-4H3. The van der Waals surface area contributed by atoms with Crippen LogP contribution >= 0.6 is 0 Å². The first-order valence-corrected chi connectivity index (χ1v) is 7.82. The van der Waals surface area contributed by atoms with Crippen LogP contribution in [-0.2, 0) is 7.05 Å². The molecule has 2 atom stereocenters. The summed E-state index contributed by atoms with van der Waals surface area (Å²) in [4.78, 5) is 19.6. The Morgan fingerprint density at radius 2 is 2.14 bits per heavy atom. The van der Waals surface area contributed by atoms with Gasteiger partial charge in [-0.2, -0.15) is 0 Å². The lowest BCUT2D eigenvalue weighted by molar-refractivity contribution is 0.200. The van der Waals surface area contributed by atoms with Crippen molar-refractivity contribution in [2.45, 2.75) is 33.3 Å². The van der Waals surface area contributed by atoms with Gasteiger partial charge in [0.15, 0.2) is 0 Å². The molecule has 1 N–H and O–H groups in total. The molecule has 1 fully saturated rings. The van der Waals surface area contributed by atoms with Crippen LogP contribution in [0.15, 0.2) is 16.9 Å². The van der Waals surface area contributed by atoms with Crippen LogP contribution < -0.4 is 10.5 Å². The van der Waals surface area contributed by atoms with Crippen molar-refractivity contribution in [1.29, 1.82) is 0 Å². The maximum Gasteiger partial charge on any atom is 0.262 e. The molecule has 1 aromatic carbocycles. The summed E-state index contributed by atoms with van der Waals surface area (Å²) in [5, 5.41) is 10.6. The zero-order valence-corrected chi connectivity index (χ0v) is 13.6. The molecule has 1 saturated heterocycles. The lowest BCUT2D eigenvalue weighted by Gasteiger charge is -2.21. The molecule has 0 aliphatic carbocycles. The number of aryl methyl sites for hydroxylation is 1. The van der Waals surface area contributed by atoms with E-state index in [2.05, 4.69) is 11.8 Å². The lowest BCUT2D eigenvalue weighted by Crippen LogP contribution is -2.30. The number of aliphatic hydroxyl groups is 1. The van der Waals surface area contributed by atoms with Crippen LogP contribution in [0.2, 0.25) is 0 Å². The van der Waals surface area contributed by atoms with E-state index in [1.807, 2.05) is 19.1 Å². The third kappa shape index (κ3) is 2.39. The minimum atomic E-state index is -0.646. The Kier molecular flexibility index (Phi) is 3.68. The quantitative estimate of drug-likeness (QED) is 0.923. The van der Waals surface area contributed by atoms with Crippen LogP contribution in [0.1, 0.15) is 37.5 Å². The van der Waals surface area contributed by atoms with E-state index in [1.165, 1.54) is 0 Å². The van der Waals surface area contributed by atoms with Crippen LogP contribution in [0.5, 0.6) is 0 Å². The molecule has 5 heteroatoms. The highest BCUT2D eigenvalue weighted by Crippen LogP contribution is 2.26. The first-order chi connectivity index (χ1) is 10.4. The second kappa shape index (κ2) is 5.39. The predicted molar refractivity (Wildman–Crippen MR) is 88.3 cm³/mol. The van der Waals surface area contributed by atoms with Gasteiger partial charge < -0.3 is 10.0 Å². The molecule has 2 unspecified atom stereocenters. The number of anilines is 1. The van der Waals surface area contributed by atoms with Gasteiger partial charge in [0, 0.05) is 25.7 Å². The summed E-state index contributed by atoms with van der Waals surface area (Å²) >= 11 is 0. The molecular formula is C17H23N3O2. The number of aromatic nitrogens is 2. The van der Waals surface area contributed by atoms with Gasteiger partial charge in [0.25, 0.3) is 5.56 Å². The minimum absolute atomic E-state index is 0.0508. The Bertz CT molecular complexity index is 780. The van der Waals surface area contributed by atoms with E-state index in [0.29, 0.717) is 22.8 Å². The molecule has 118 valence electrons. The molecule has 0 spiro atoms. The van der Waals surface area contributed by atoms with Crippen molar-refractivity contribution in [3.8, 4) is 0 Å². The lowest BCUT2D eigenvalue weighted by atomic mass is 10.0. The molecule has 2 aromatic rings. The van der Waals surface area contributed by atoms with Crippen LogP contribution in [0.25, 0.3) is 10.9 Å². The van der Waals surface area contributed by atoms with Gasteiger partial charge in [-0.3, -0.25) is 9.36 Å². The Morgan fingerprint density at radius 1 is 1.41 bits per heavy atom. The zero-order valence-electron chi connectivity index (χ0n) is 13.6. The van der Waals surface area contributed by atoms with E-state index in [-0.39, 0.29) is 5.56 Å². The van der Waals surface area contributed by atoms with Crippen LogP contribution in [0.3, 0.4) is 0 Å². The molecule has 0 amide bonds. The van der Waals surface area contributed by atoms with E-state index in [4.69, 9.17) is 4.98 Å². The molecule has 0 saturated carbocycles. The third-order valence-corrected chi connectivity index (χ3v) is 4.49. The van der Waals surface area contributed by atoms with Gasteiger partial charge in [-0.25, -0.2) is 4.98 Å². The van der Waals surface area contributed by atoms with Gasteiger partial charge in [-0.1, -0.05) is 13.0 Å². The number of hydrogen-bond acceptors (Lipinski definition) is 4. The zero-order chi connectivity index (χ0) is 16.0. The summed E-state index contributed by atoms with van der Waals surface area (Å²) < 4.78 is 1.63. The van der Waals surface area contributed by atoms with Crippen LogP contribution in [-0.4, -0.2) is 27.7 Å². The van der Waals surface area contributed by atoms with Crippen LogP contribution in [0.4, 0.5) is 5.95 Å². The fraction of sp³-hybridized carbons (Fsp3) is 0.529. The van der Waals surface area contributed by atoms with E-state index in [1.54, 1.807) is 18.5 Å². The fourth-order valence-corrected chi connectivity index (χ4v) is 3.26. The van der Waals surface area contributed by atoms with Crippen molar-refractivity contribution in [2.75, 3.05) is 18.0 Å². The molecule has 0 radical (unpaired) electrons. The SMILES string of the molecule is Cc1cc(C(C)O)c2nc(N3CCC(C)C3)n(C)c(=O)c2c1. The van der Waals surface area contributed by atoms with Crippen molar-refractivity contribution in [3.63, 3.8) is 0 Å². The molecule has 3 rings (SSSR count). The molecule has 1 aromatic heterocycles. The number of nitrogens with zero attached hydrogens (tertiary/aromatic N) is 3. The average molecular weight is 301 g/mol. The van der Waals surface area contributed by atoms with E-state index >= 15 is 0 Å². The van der Waals surface area contributed by atoms with Gasteiger partial charge in [0.1, 0.15) is 0 Å². The minimum Gasteiger partial charge on any atom is -0.389 e. The number of fused-ring (bicyclic) bond motifs is 1. The molecular weight excluding hydrogens is 278 g/mol. The monoisotopic (exact) mass is 301 g/mol. The summed E-state index contributed by atoms with van der Waals surface area (Å²) in [6.45, 7) is 7.69. The molecule has 2 heterocycles. The Balaban J connectivity index is 2.28. The Morgan fingerprint density at radius 3 is 2.73 bits per heavy atom. The van der Waals surface area contributed by atoms with E-state index < -0.39 is 6.10 Å². The van der Waals surface area contributed by atoms with Gasteiger partial charge in [-0.05, 0) is 37.8 Å². The van der Waals surface area contributed by atoms with Crippen molar-refractivity contribution >= 4 is 16.9 Å². The van der Waals surface area contributed by atoms with Gasteiger partial charge in [0.2, 0.25) is 5.95 Å². The highest BCUT2D eigenvalue weighted by molar-refractivity contribution is 5.83. The second-order valence-corrected chi connectivity index (χ2v) is 6.54. The molecule has 1 aliphatic rings. The van der Waals surface area contributed by atoms with Crippen molar-refractivity contribution < 1.29 is 5.11 Å². The largest absolute Gasteiger partial charge is 0.389 e. The topological polar surface area (TPSA) is 58.4 Å². The van der Waals surface area contributed by atoms with Crippen molar-refractivity contribution in [2.24, 2.45) is 13.0 Å².